The molecule has 30 heavy (non-hydrogen) atoms. The second-order valence-electron chi connectivity index (χ2n) is 6.23. The van der Waals surface area contributed by atoms with E-state index in [-0.39, 0.29) is 28.9 Å². The fraction of sp³-hybridized carbons (Fsp3) is 0.250. The average molecular weight is 449 g/mol. The summed E-state index contributed by atoms with van der Waals surface area (Å²) in [6.07, 6.45) is 0. The number of nitrogens with one attached hydrogen (secondary N) is 1. The average Bonchev–Trinajstić information content (AvgIpc) is 2.77. The predicted octanol–water partition coefficient (Wildman–Crippen LogP) is 3.06. The molecular formula is C20H20N2O6S2. The van der Waals surface area contributed by atoms with Gasteiger partial charge in [0, 0.05) is 5.69 Å². The van der Waals surface area contributed by atoms with Crippen molar-refractivity contribution in [3.8, 4) is 5.75 Å². The quantitative estimate of drug-likeness (QED) is 0.676. The fourth-order valence-electron chi connectivity index (χ4n) is 2.60. The zero-order valence-corrected chi connectivity index (χ0v) is 18.0. The number of amides is 1. The van der Waals surface area contributed by atoms with Crippen LogP contribution >= 0.6 is 11.8 Å². The molecule has 0 atom stereocenters. The number of esters is 1. The van der Waals surface area contributed by atoms with Gasteiger partial charge in [0.1, 0.15) is 23.1 Å². The number of carbonyl (C=O) groups is 2. The Morgan fingerprint density at radius 2 is 1.93 bits per heavy atom. The van der Waals surface area contributed by atoms with Gasteiger partial charge in [0.05, 0.1) is 29.1 Å². The molecule has 0 bridgehead atoms. The molecule has 0 fully saturated rings. The first-order chi connectivity index (χ1) is 14.3. The summed E-state index contributed by atoms with van der Waals surface area (Å²) in [5.74, 6) is -0.0952. The molecule has 0 unspecified atom stereocenters. The minimum absolute atomic E-state index is 0.00125. The summed E-state index contributed by atoms with van der Waals surface area (Å²) < 4.78 is 34.4. The van der Waals surface area contributed by atoms with Crippen molar-refractivity contribution in [3.63, 3.8) is 0 Å². The van der Waals surface area contributed by atoms with E-state index in [2.05, 4.69) is 15.0 Å². The second kappa shape index (κ2) is 9.31. The lowest BCUT2D eigenvalue weighted by atomic mass is 10.2. The first-order valence-corrected chi connectivity index (χ1v) is 11.6. The SMILES string of the molecule is CCS(=O)(=O)c1ccc2c(c1)N=C(SCC(=O)Nc1ccc(C(=O)OC)cc1)CO2. The monoisotopic (exact) mass is 448 g/mol. The molecule has 1 aliphatic rings. The summed E-state index contributed by atoms with van der Waals surface area (Å²) in [6.45, 7) is 1.79. The molecule has 1 heterocycles. The highest BCUT2D eigenvalue weighted by molar-refractivity contribution is 8.14. The Hall–Kier alpha value is -2.85. The zero-order valence-electron chi connectivity index (χ0n) is 16.4. The van der Waals surface area contributed by atoms with E-state index in [9.17, 15) is 18.0 Å². The summed E-state index contributed by atoms with van der Waals surface area (Å²) >= 11 is 1.21. The molecule has 2 aromatic carbocycles. The van der Waals surface area contributed by atoms with Gasteiger partial charge in [-0.05, 0) is 42.5 Å². The van der Waals surface area contributed by atoms with Gasteiger partial charge in [0.15, 0.2) is 9.84 Å². The number of benzene rings is 2. The highest BCUT2D eigenvalue weighted by atomic mass is 32.2. The normalized spacial score (nSPS) is 12.9. The van der Waals surface area contributed by atoms with Crippen LogP contribution in [-0.2, 0) is 19.4 Å². The summed E-state index contributed by atoms with van der Waals surface area (Å²) in [7, 11) is -2.04. The Morgan fingerprint density at radius 3 is 2.60 bits per heavy atom. The first kappa shape index (κ1) is 21.8. The van der Waals surface area contributed by atoms with Crippen molar-refractivity contribution in [3.05, 3.63) is 48.0 Å². The third-order valence-corrected chi connectivity index (χ3v) is 6.91. The molecule has 0 radical (unpaired) electrons. The van der Waals surface area contributed by atoms with Crippen LogP contribution in [0.1, 0.15) is 17.3 Å². The molecule has 1 amide bonds. The van der Waals surface area contributed by atoms with E-state index in [0.717, 1.165) is 0 Å². The van der Waals surface area contributed by atoms with E-state index in [1.165, 1.54) is 31.0 Å². The lowest BCUT2D eigenvalue weighted by molar-refractivity contribution is -0.113. The Bertz CT molecular complexity index is 1090. The van der Waals surface area contributed by atoms with Crippen molar-refractivity contribution in [1.82, 2.24) is 0 Å². The van der Waals surface area contributed by atoms with Crippen LogP contribution in [0.15, 0.2) is 52.4 Å². The van der Waals surface area contributed by atoms with E-state index in [0.29, 0.717) is 27.7 Å². The first-order valence-electron chi connectivity index (χ1n) is 9.00. The maximum atomic E-state index is 12.2. The van der Waals surface area contributed by atoms with Gasteiger partial charge in [-0.2, -0.15) is 0 Å². The summed E-state index contributed by atoms with van der Waals surface area (Å²) in [5, 5.41) is 3.31. The number of anilines is 1. The maximum absolute atomic E-state index is 12.2. The third-order valence-electron chi connectivity index (χ3n) is 4.23. The number of methoxy groups -OCH3 is 1. The van der Waals surface area contributed by atoms with Gasteiger partial charge in [-0.1, -0.05) is 18.7 Å². The molecular weight excluding hydrogens is 428 g/mol. The van der Waals surface area contributed by atoms with Gasteiger partial charge in [-0.15, -0.1) is 0 Å². The van der Waals surface area contributed by atoms with Gasteiger partial charge >= 0.3 is 5.97 Å². The van der Waals surface area contributed by atoms with Crippen molar-refractivity contribution >= 4 is 49.9 Å². The molecule has 1 aliphatic heterocycles. The highest BCUT2D eigenvalue weighted by Crippen LogP contribution is 2.34. The van der Waals surface area contributed by atoms with Crippen LogP contribution in [-0.4, -0.2) is 50.6 Å². The van der Waals surface area contributed by atoms with Crippen LogP contribution in [0.4, 0.5) is 11.4 Å². The van der Waals surface area contributed by atoms with Crippen LogP contribution in [0.3, 0.4) is 0 Å². The number of aliphatic imine (C=N–C) groups is 1. The molecule has 158 valence electrons. The van der Waals surface area contributed by atoms with Crippen LogP contribution < -0.4 is 10.1 Å². The standard InChI is InChI=1S/C20H20N2O6S2/c1-3-30(25,26)15-8-9-17-16(10-15)22-19(11-28-17)29-12-18(23)21-14-6-4-13(5-7-14)20(24)27-2/h4-10H,3,11-12H2,1-2H3,(H,21,23). The number of hydrogen-bond acceptors (Lipinski definition) is 8. The van der Waals surface area contributed by atoms with Crippen LogP contribution in [0.25, 0.3) is 0 Å². The van der Waals surface area contributed by atoms with Crippen molar-refractivity contribution in [2.75, 3.05) is 30.5 Å². The number of carbonyl (C=O) groups excluding carboxylic acids is 2. The van der Waals surface area contributed by atoms with Crippen molar-refractivity contribution in [2.45, 2.75) is 11.8 Å². The van der Waals surface area contributed by atoms with Gasteiger partial charge in [0.25, 0.3) is 0 Å². The molecule has 0 saturated carbocycles. The number of rotatable bonds is 6. The van der Waals surface area contributed by atoms with Crippen molar-refractivity contribution < 1.29 is 27.5 Å². The number of ether oxygens (including phenoxy) is 2. The number of hydrogen-bond donors (Lipinski definition) is 1. The smallest absolute Gasteiger partial charge is 0.337 e. The number of nitrogens with zero attached hydrogens (tertiary/aromatic N) is 1. The Labute approximate surface area is 178 Å². The second-order valence-corrected chi connectivity index (χ2v) is 9.56. The zero-order chi connectivity index (χ0) is 21.7. The number of thioether (sulfide) groups is 1. The molecule has 0 saturated heterocycles. The fourth-order valence-corrected chi connectivity index (χ4v) is 4.18. The lowest BCUT2D eigenvalue weighted by Gasteiger charge is -2.17. The summed E-state index contributed by atoms with van der Waals surface area (Å²) in [5.41, 5.74) is 1.37. The largest absolute Gasteiger partial charge is 0.484 e. The molecule has 2 aromatic rings. The Kier molecular flexibility index (Phi) is 6.78. The molecule has 0 aliphatic carbocycles. The van der Waals surface area contributed by atoms with Gasteiger partial charge in [-0.25, -0.2) is 18.2 Å². The van der Waals surface area contributed by atoms with E-state index in [4.69, 9.17) is 4.74 Å². The van der Waals surface area contributed by atoms with Gasteiger partial charge in [-0.3, -0.25) is 4.79 Å². The van der Waals surface area contributed by atoms with Crippen LogP contribution in [0, 0.1) is 0 Å². The van der Waals surface area contributed by atoms with E-state index in [1.54, 1.807) is 37.3 Å². The van der Waals surface area contributed by atoms with E-state index < -0.39 is 15.8 Å². The molecule has 0 spiro atoms. The lowest BCUT2D eigenvalue weighted by Crippen LogP contribution is -2.18. The Balaban J connectivity index is 1.62. The molecule has 8 nitrogen and oxygen atoms in total. The highest BCUT2D eigenvalue weighted by Gasteiger charge is 2.19. The van der Waals surface area contributed by atoms with E-state index in [1.807, 2.05) is 0 Å². The molecule has 10 heteroatoms. The number of fused-ring (bicyclic) bond motifs is 1. The van der Waals surface area contributed by atoms with Crippen molar-refractivity contribution in [1.29, 1.82) is 0 Å². The summed E-state index contributed by atoms with van der Waals surface area (Å²) in [6, 6.07) is 10.9. The van der Waals surface area contributed by atoms with Crippen molar-refractivity contribution in [2.24, 2.45) is 4.99 Å². The summed E-state index contributed by atoms with van der Waals surface area (Å²) in [4.78, 5) is 28.3. The van der Waals surface area contributed by atoms with Gasteiger partial charge in [0.2, 0.25) is 5.91 Å². The predicted molar refractivity (Wildman–Crippen MR) is 116 cm³/mol. The maximum Gasteiger partial charge on any atom is 0.337 e. The molecule has 1 N–H and O–H groups in total. The van der Waals surface area contributed by atoms with Crippen LogP contribution in [0.2, 0.25) is 0 Å². The van der Waals surface area contributed by atoms with Gasteiger partial charge < -0.3 is 14.8 Å². The van der Waals surface area contributed by atoms with Crippen LogP contribution in [0.5, 0.6) is 5.75 Å². The number of sulfone groups is 1. The molecule has 0 aromatic heterocycles. The minimum Gasteiger partial charge on any atom is -0.484 e. The topological polar surface area (TPSA) is 111 Å². The third kappa shape index (κ3) is 5.19. The molecule has 3 rings (SSSR count). The van der Waals surface area contributed by atoms with E-state index >= 15 is 0 Å². The Morgan fingerprint density at radius 1 is 1.20 bits per heavy atom. The minimum atomic E-state index is -3.34.